The van der Waals surface area contributed by atoms with Crippen LogP contribution in [0.4, 0.5) is 0 Å². The number of imidazole rings is 1. The lowest BCUT2D eigenvalue weighted by atomic mass is 10.1. The Balaban J connectivity index is 2.02. The van der Waals surface area contributed by atoms with Gasteiger partial charge in [-0.25, -0.2) is 4.98 Å². The topological polar surface area (TPSA) is 46.9 Å². The fourth-order valence-corrected chi connectivity index (χ4v) is 3.26. The first-order valence-corrected chi connectivity index (χ1v) is 9.35. The smallest absolute Gasteiger partial charge is 0.217 e. The van der Waals surface area contributed by atoms with E-state index in [1.54, 1.807) is 6.92 Å². The van der Waals surface area contributed by atoms with Crippen LogP contribution in [-0.4, -0.2) is 15.5 Å². The van der Waals surface area contributed by atoms with Crippen molar-refractivity contribution < 1.29 is 4.79 Å². The van der Waals surface area contributed by atoms with Crippen molar-refractivity contribution in [2.45, 2.75) is 78.3 Å². The van der Waals surface area contributed by atoms with E-state index in [9.17, 15) is 4.79 Å². The summed E-state index contributed by atoms with van der Waals surface area (Å²) in [6.07, 6.45) is 9.07. The molecule has 1 unspecified atom stereocenters. The second-order valence-electron chi connectivity index (χ2n) is 6.65. The molecule has 4 heteroatoms. The number of para-hydroxylation sites is 2. The fourth-order valence-electron chi connectivity index (χ4n) is 3.26. The van der Waals surface area contributed by atoms with Gasteiger partial charge in [0, 0.05) is 13.5 Å². The number of rotatable bonds is 10. The third kappa shape index (κ3) is 5.08. The molecule has 1 heterocycles. The summed E-state index contributed by atoms with van der Waals surface area (Å²) >= 11 is 0. The molecule has 0 aliphatic rings. The zero-order valence-electron chi connectivity index (χ0n) is 15.3. The van der Waals surface area contributed by atoms with E-state index in [-0.39, 0.29) is 11.9 Å². The van der Waals surface area contributed by atoms with Gasteiger partial charge in [-0.3, -0.25) is 4.79 Å². The van der Waals surface area contributed by atoms with Crippen molar-refractivity contribution in [2.75, 3.05) is 0 Å². The molecule has 132 valence electrons. The predicted molar refractivity (Wildman–Crippen MR) is 100.0 cm³/mol. The van der Waals surface area contributed by atoms with Crippen LogP contribution in [0.2, 0.25) is 0 Å². The summed E-state index contributed by atoms with van der Waals surface area (Å²) in [4.78, 5) is 16.1. The Bertz CT molecular complexity index is 647. The van der Waals surface area contributed by atoms with E-state index in [0.717, 1.165) is 29.8 Å². The highest BCUT2D eigenvalue weighted by molar-refractivity contribution is 5.77. The van der Waals surface area contributed by atoms with Crippen molar-refractivity contribution in [3.8, 4) is 0 Å². The minimum absolute atomic E-state index is 0.0166. The van der Waals surface area contributed by atoms with E-state index in [1.807, 2.05) is 19.1 Å². The molecule has 1 N–H and O–H groups in total. The van der Waals surface area contributed by atoms with Gasteiger partial charge < -0.3 is 9.88 Å². The van der Waals surface area contributed by atoms with Crippen LogP contribution >= 0.6 is 0 Å². The second-order valence-corrected chi connectivity index (χ2v) is 6.65. The summed E-state index contributed by atoms with van der Waals surface area (Å²) < 4.78 is 2.28. The highest BCUT2D eigenvalue weighted by Crippen LogP contribution is 2.22. The highest BCUT2D eigenvalue weighted by Gasteiger charge is 2.16. The number of carbonyl (C=O) groups is 1. The van der Waals surface area contributed by atoms with Gasteiger partial charge in [-0.15, -0.1) is 0 Å². The van der Waals surface area contributed by atoms with Crippen LogP contribution in [0.3, 0.4) is 0 Å². The number of carbonyl (C=O) groups excluding carboxylic acids is 1. The lowest BCUT2D eigenvalue weighted by Gasteiger charge is -2.15. The number of fused-ring (bicyclic) bond motifs is 1. The first-order chi connectivity index (χ1) is 11.6. The molecule has 4 nitrogen and oxygen atoms in total. The number of aromatic nitrogens is 2. The third-order valence-electron chi connectivity index (χ3n) is 4.48. The van der Waals surface area contributed by atoms with Crippen molar-refractivity contribution in [1.29, 1.82) is 0 Å². The Hall–Kier alpha value is -1.84. The zero-order valence-corrected chi connectivity index (χ0v) is 15.3. The van der Waals surface area contributed by atoms with Crippen molar-refractivity contribution in [1.82, 2.24) is 14.9 Å². The molecule has 0 saturated carbocycles. The number of hydrogen-bond acceptors (Lipinski definition) is 2. The van der Waals surface area contributed by atoms with Gasteiger partial charge in [-0.05, 0) is 25.5 Å². The molecule has 1 atom stereocenters. The quantitative estimate of drug-likeness (QED) is 0.625. The molecule has 0 aliphatic heterocycles. The molecule has 0 aliphatic carbocycles. The molecular weight excluding hydrogens is 298 g/mol. The number of hydrogen-bond donors (Lipinski definition) is 1. The number of amides is 1. The number of aryl methyl sites for hydroxylation is 1. The van der Waals surface area contributed by atoms with Gasteiger partial charge in [0.15, 0.2) is 0 Å². The SMILES string of the molecule is CCCCCCCCCn1c(C(C)NC(C)=O)nc2ccccc21. The molecule has 0 fully saturated rings. The number of nitrogens with zero attached hydrogens (tertiary/aromatic N) is 2. The molecule has 0 saturated heterocycles. The monoisotopic (exact) mass is 329 g/mol. The van der Waals surface area contributed by atoms with E-state index in [4.69, 9.17) is 4.98 Å². The van der Waals surface area contributed by atoms with Gasteiger partial charge in [0.25, 0.3) is 0 Å². The summed E-state index contributed by atoms with van der Waals surface area (Å²) in [5.74, 6) is 0.939. The van der Waals surface area contributed by atoms with Crippen LogP contribution < -0.4 is 5.32 Å². The standard InChI is InChI=1S/C20H31N3O/c1-4-5-6-7-8-9-12-15-23-19-14-11-10-13-18(19)22-20(23)16(2)21-17(3)24/h10-11,13-14,16H,4-9,12,15H2,1-3H3,(H,21,24). The number of nitrogens with one attached hydrogen (secondary N) is 1. The van der Waals surface area contributed by atoms with Gasteiger partial charge in [0.1, 0.15) is 5.82 Å². The maximum atomic E-state index is 11.4. The molecule has 24 heavy (non-hydrogen) atoms. The lowest BCUT2D eigenvalue weighted by molar-refractivity contribution is -0.119. The maximum absolute atomic E-state index is 11.4. The van der Waals surface area contributed by atoms with Crippen molar-refractivity contribution in [3.05, 3.63) is 30.1 Å². The van der Waals surface area contributed by atoms with Gasteiger partial charge in [-0.2, -0.15) is 0 Å². The van der Waals surface area contributed by atoms with Crippen LogP contribution in [0.25, 0.3) is 11.0 Å². The van der Waals surface area contributed by atoms with Crippen LogP contribution in [0.15, 0.2) is 24.3 Å². The zero-order chi connectivity index (χ0) is 17.4. The Morgan fingerprint density at radius 3 is 2.50 bits per heavy atom. The lowest BCUT2D eigenvalue weighted by Crippen LogP contribution is -2.26. The Kier molecular flexibility index (Phi) is 7.29. The first kappa shape index (κ1) is 18.5. The van der Waals surface area contributed by atoms with Crippen LogP contribution in [0, 0.1) is 0 Å². The van der Waals surface area contributed by atoms with E-state index in [1.165, 1.54) is 38.5 Å². The molecule has 0 spiro atoms. The minimum Gasteiger partial charge on any atom is -0.347 e. The normalized spacial score (nSPS) is 12.5. The molecule has 0 radical (unpaired) electrons. The first-order valence-electron chi connectivity index (χ1n) is 9.35. The van der Waals surface area contributed by atoms with E-state index in [0.29, 0.717) is 0 Å². The van der Waals surface area contributed by atoms with Gasteiger partial charge in [0.2, 0.25) is 5.91 Å². The van der Waals surface area contributed by atoms with Gasteiger partial charge >= 0.3 is 0 Å². The van der Waals surface area contributed by atoms with Crippen LogP contribution in [0.5, 0.6) is 0 Å². The Morgan fingerprint density at radius 1 is 1.12 bits per heavy atom. The van der Waals surface area contributed by atoms with E-state index < -0.39 is 0 Å². The molecular formula is C20H31N3O. The van der Waals surface area contributed by atoms with Gasteiger partial charge in [-0.1, -0.05) is 57.6 Å². The summed E-state index contributed by atoms with van der Waals surface area (Å²) in [6, 6.07) is 8.16. The molecule has 2 aromatic rings. The molecule has 1 aromatic heterocycles. The van der Waals surface area contributed by atoms with Gasteiger partial charge in [0.05, 0.1) is 17.1 Å². The average molecular weight is 329 g/mol. The molecule has 2 rings (SSSR count). The van der Waals surface area contributed by atoms with Crippen molar-refractivity contribution >= 4 is 16.9 Å². The van der Waals surface area contributed by atoms with Crippen LogP contribution in [-0.2, 0) is 11.3 Å². The third-order valence-corrected chi connectivity index (χ3v) is 4.48. The summed E-state index contributed by atoms with van der Waals surface area (Å²) in [7, 11) is 0. The summed E-state index contributed by atoms with van der Waals surface area (Å²) in [6.45, 7) is 6.78. The average Bonchev–Trinajstić information content (AvgIpc) is 2.92. The van der Waals surface area contributed by atoms with Crippen molar-refractivity contribution in [2.24, 2.45) is 0 Å². The largest absolute Gasteiger partial charge is 0.347 e. The second kappa shape index (κ2) is 9.45. The highest BCUT2D eigenvalue weighted by atomic mass is 16.1. The number of benzene rings is 1. The molecule has 1 aromatic carbocycles. The Morgan fingerprint density at radius 2 is 1.79 bits per heavy atom. The maximum Gasteiger partial charge on any atom is 0.217 e. The van der Waals surface area contributed by atoms with Crippen molar-refractivity contribution in [3.63, 3.8) is 0 Å². The number of unbranched alkanes of at least 4 members (excludes halogenated alkanes) is 6. The van der Waals surface area contributed by atoms with E-state index in [2.05, 4.69) is 28.9 Å². The minimum atomic E-state index is -0.0699. The van der Waals surface area contributed by atoms with E-state index >= 15 is 0 Å². The summed E-state index contributed by atoms with van der Waals surface area (Å²) in [5, 5.41) is 2.96. The molecule has 1 amide bonds. The Labute approximate surface area is 145 Å². The molecule has 0 bridgehead atoms. The van der Waals surface area contributed by atoms with Crippen LogP contribution in [0.1, 0.15) is 77.6 Å². The predicted octanol–water partition coefficient (Wildman–Crippen LogP) is 4.98. The summed E-state index contributed by atoms with van der Waals surface area (Å²) in [5.41, 5.74) is 2.17. The fraction of sp³-hybridized carbons (Fsp3) is 0.600.